The highest BCUT2D eigenvalue weighted by Gasteiger charge is 2.30. The van der Waals surface area contributed by atoms with E-state index in [0.29, 0.717) is 19.0 Å². The minimum atomic E-state index is -0.235. The number of hydrogen-bond donors (Lipinski definition) is 0. The van der Waals surface area contributed by atoms with Crippen molar-refractivity contribution in [2.24, 2.45) is 0 Å². The number of carbonyl (C=O) groups is 2. The Labute approximate surface area is 173 Å². The average Bonchev–Trinajstić information content (AvgIpc) is 3.17. The van der Waals surface area contributed by atoms with E-state index in [1.165, 1.54) is 26.2 Å². The standard InChI is InChI=1S/C21H35N5O3/c1-3-25(18-11-7-12-19(15-18)29-16(2)27)21(28)14-8-13-20-22-23-24-26(20)17-9-5-4-6-10-17/h17-19H,3-15H2,1-2H3. The molecule has 29 heavy (non-hydrogen) atoms. The number of aromatic nitrogens is 4. The molecule has 1 aromatic heterocycles. The van der Waals surface area contributed by atoms with E-state index in [9.17, 15) is 9.59 Å². The van der Waals surface area contributed by atoms with Crippen molar-refractivity contribution in [2.45, 2.75) is 109 Å². The predicted octanol–water partition coefficient (Wildman–Crippen LogP) is 3.22. The number of aryl methyl sites for hydroxylation is 1. The van der Waals surface area contributed by atoms with Gasteiger partial charge in [-0.3, -0.25) is 9.59 Å². The van der Waals surface area contributed by atoms with Gasteiger partial charge >= 0.3 is 5.97 Å². The van der Waals surface area contributed by atoms with Crippen LogP contribution in [-0.2, 0) is 20.7 Å². The van der Waals surface area contributed by atoms with E-state index in [1.807, 2.05) is 16.5 Å². The van der Waals surface area contributed by atoms with Gasteiger partial charge in [0, 0.05) is 38.8 Å². The van der Waals surface area contributed by atoms with E-state index in [-0.39, 0.29) is 24.0 Å². The van der Waals surface area contributed by atoms with E-state index in [4.69, 9.17) is 4.74 Å². The van der Waals surface area contributed by atoms with Crippen LogP contribution in [0.5, 0.6) is 0 Å². The third kappa shape index (κ3) is 6.00. The molecule has 0 aliphatic heterocycles. The molecule has 8 heteroatoms. The minimum Gasteiger partial charge on any atom is -0.462 e. The molecular weight excluding hydrogens is 370 g/mol. The monoisotopic (exact) mass is 405 g/mol. The molecule has 2 saturated carbocycles. The number of rotatable bonds is 8. The Morgan fingerprint density at radius 1 is 1.14 bits per heavy atom. The first-order chi connectivity index (χ1) is 14.1. The maximum Gasteiger partial charge on any atom is 0.302 e. The van der Waals surface area contributed by atoms with Gasteiger partial charge < -0.3 is 9.64 Å². The summed E-state index contributed by atoms with van der Waals surface area (Å²) in [5, 5.41) is 12.3. The first-order valence-electron chi connectivity index (χ1n) is 11.3. The van der Waals surface area contributed by atoms with Crippen molar-refractivity contribution in [1.82, 2.24) is 25.1 Å². The summed E-state index contributed by atoms with van der Waals surface area (Å²) in [6.45, 7) is 4.17. The minimum absolute atomic E-state index is 0.0618. The molecular formula is C21H35N5O3. The van der Waals surface area contributed by atoms with Crippen LogP contribution in [0.1, 0.15) is 96.3 Å². The highest BCUT2D eigenvalue weighted by Crippen LogP contribution is 2.28. The fourth-order valence-corrected chi connectivity index (χ4v) is 4.91. The zero-order valence-corrected chi connectivity index (χ0v) is 17.9. The molecule has 2 aliphatic rings. The number of tetrazole rings is 1. The van der Waals surface area contributed by atoms with Crippen LogP contribution in [0, 0.1) is 0 Å². The van der Waals surface area contributed by atoms with E-state index in [0.717, 1.165) is 57.2 Å². The smallest absolute Gasteiger partial charge is 0.302 e. The fraction of sp³-hybridized carbons (Fsp3) is 0.857. The predicted molar refractivity (Wildman–Crippen MR) is 108 cm³/mol. The lowest BCUT2D eigenvalue weighted by Gasteiger charge is -2.36. The number of hydrogen-bond acceptors (Lipinski definition) is 6. The summed E-state index contributed by atoms with van der Waals surface area (Å²) < 4.78 is 7.39. The van der Waals surface area contributed by atoms with Gasteiger partial charge in [0.1, 0.15) is 6.10 Å². The van der Waals surface area contributed by atoms with Crippen LogP contribution < -0.4 is 0 Å². The van der Waals surface area contributed by atoms with Crippen LogP contribution in [0.3, 0.4) is 0 Å². The first kappa shape index (κ1) is 21.7. The quantitative estimate of drug-likeness (QED) is 0.617. The average molecular weight is 406 g/mol. The Morgan fingerprint density at radius 2 is 1.93 bits per heavy atom. The highest BCUT2D eigenvalue weighted by molar-refractivity contribution is 5.76. The summed E-state index contributed by atoms with van der Waals surface area (Å²) in [4.78, 5) is 26.1. The van der Waals surface area contributed by atoms with Crippen molar-refractivity contribution < 1.29 is 14.3 Å². The number of esters is 1. The maximum absolute atomic E-state index is 12.9. The Bertz CT molecular complexity index is 671. The summed E-state index contributed by atoms with van der Waals surface area (Å²) in [5.74, 6) is 0.846. The Hall–Kier alpha value is -1.99. The molecule has 0 spiro atoms. The van der Waals surface area contributed by atoms with Crippen LogP contribution in [0.15, 0.2) is 0 Å². The Morgan fingerprint density at radius 3 is 2.66 bits per heavy atom. The van der Waals surface area contributed by atoms with Gasteiger partial charge in [0.2, 0.25) is 5.91 Å². The van der Waals surface area contributed by atoms with Crippen LogP contribution in [0.25, 0.3) is 0 Å². The maximum atomic E-state index is 12.9. The van der Waals surface area contributed by atoms with Gasteiger partial charge in [-0.15, -0.1) is 5.10 Å². The molecule has 0 bridgehead atoms. The summed E-state index contributed by atoms with van der Waals surface area (Å²) >= 11 is 0. The first-order valence-corrected chi connectivity index (χ1v) is 11.3. The molecule has 1 heterocycles. The van der Waals surface area contributed by atoms with Crippen LogP contribution in [-0.4, -0.2) is 55.7 Å². The van der Waals surface area contributed by atoms with Gasteiger partial charge in [0.15, 0.2) is 5.82 Å². The van der Waals surface area contributed by atoms with E-state index in [1.54, 1.807) is 0 Å². The summed E-state index contributed by atoms with van der Waals surface area (Å²) in [7, 11) is 0. The molecule has 8 nitrogen and oxygen atoms in total. The molecule has 0 aromatic carbocycles. The lowest BCUT2D eigenvalue weighted by atomic mass is 9.91. The van der Waals surface area contributed by atoms with Gasteiger partial charge in [-0.2, -0.15) is 0 Å². The lowest BCUT2D eigenvalue weighted by molar-refractivity contribution is -0.149. The van der Waals surface area contributed by atoms with Crippen LogP contribution >= 0.6 is 0 Å². The molecule has 0 radical (unpaired) electrons. The molecule has 1 amide bonds. The van der Waals surface area contributed by atoms with Gasteiger partial charge in [0.05, 0.1) is 6.04 Å². The Balaban J connectivity index is 1.49. The van der Waals surface area contributed by atoms with E-state index in [2.05, 4.69) is 15.5 Å². The van der Waals surface area contributed by atoms with Crippen molar-refractivity contribution >= 4 is 11.9 Å². The number of ether oxygens (including phenoxy) is 1. The van der Waals surface area contributed by atoms with Crippen molar-refractivity contribution in [3.05, 3.63) is 5.82 Å². The molecule has 3 rings (SSSR count). The molecule has 2 aliphatic carbocycles. The fourth-order valence-electron chi connectivity index (χ4n) is 4.91. The van der Waals surface area contributed by atoms with Crippen molar-refractivity contribution in [3.8, 4) is 0 Å². The Kier molecular flexibility index (Phi) is 8.00. The third-order valence-electron chi connectivity index (χ3n) is 6.31. The van der Waals surface area contributed by atoms with Crippen molar-refractivity contribution in [3.63, 3.8) is 0 Å². The third-order valence-corrected chi connectivity index (χ3v) is 6.31. The largest absolute Gasteiger partial charge is 0.462 e. The summed E-state index contributed by atoms with van der Waals surface area (Å²) in [6.07, 6.45) is 11.6. The second-order valence-corrected chi connectivity index (χ2v) is 8.42. The van der Waals surface area contributed by atoms with E-state index < -0.39 is 0 Å². The number of carbonyl (C=O) groups excluding carboxylic acids is 2. The second-order valence-electron chi connectivity index (χ2n) is 8.42. The molecule has 162 valence electrons. The molecule has 0 saturated heterocycles. The lowest BCUT2D eigenvalue weighted by Crippen LogP contribution is -2.44. The normalized spacial score (nSPS) is 23.0. The van der Waals surface area contributed by atoms with Crippen molar-refractivity contribution in [1.29, 1.82) is 0 Å². The summed E-state index contributed by atoms with van der Waals surface area (Å²) in [5.41, 5.74) is 0. The zero-order chi connectivity index (χ0) is 20.6. The zero-order valence-electron chi connectivity index (χ0n) is 17.9. The van der Waals surface area contributed by atoms with Gasteiger partial charge in [-0.25, -0.2) is 4.68 Å². The topological polar surface area (TPSA) is 90.2 Å². The molecule has 0 N–H and O–H groups in total. The SMILES string of the molecule is CCN(C(=O)CCCc1nnnn1C1CCCCC1)C1CCCC(OC(C)=O)C1. The van der Waals surface area contributed by atoms with Gasteiger partial charge in [-0.1, -0.05) is 19.3 Å². The molecule has 2 atom stereocenters. The highest BCUT2D eigenvalue weighted by atomic mass is 16.5. The van der Waals surface area contributed by atoms with Crippen LogP contribution in [0.4, 0.5) is 0 Å². The van der Waals surface area contributed by atoms with Gasteiger partial charge in [0.25, 0.3) is 0 Å². The number of nitrogens with zero attached hydrogens (tertiary/aromatic N) is 5. The molecule has 2 fully saturated rings. The van der Waals surface area contributed by atoms with Crippen molar-refractivity contribution in [2.75, 3.05) is 6.54 Å². The number of amides is 1. The molecule has 1 aromatic rings. The van der Waals surface area contributed by atoms with E-state index >= 15 is 0 Å². The van der Waals surface area contributed by atoms with Gasteiger partial charge in [-0.05, 0) is 55.9 Å². The van der Waals surface area contributed by atoms with Crippen LogP contribution in [0.2, 0.25) is 0 Å². The summed E-state index contributed by atoms with van der Waals surface area (Å²) in [6, 6.07) is 0.579. The second kappa shape index (κ2) is 10.7. The molecule has 2 unspecified atom stereocenters.